The number of likely N-dealkylation sites (N-methyl/N-ethyl adjacent to an activating group) is 1. The molecule has 0 spiro atoms. The lowest BCUT2D eigenvalue weighted by atomic mass is 9.92. The monoisotopic (exact) mass is 471 g/mol. The number of nitrogens with one attached hydrogen (secondary N) is 1. The second kappa shape index (κ2) is 16.7. The number of amides is 2. The summed E-state index contributed by atoms with van der Waals surface area (Å²) in [5, 5.41) is 3.06. The molecule has 0 aliphatic heterocycles. The molecule has 5 heteroatoms. The number of anilines is 1. The minimum absolute atomic E-state index is 0.0126. The molecule has 1 aromatic rings. The first-order valence-corrected chi connectivity index (χ1v) is 13.6. The normalized spacial score (nSPS) is 18.1. The molecule has 0 atom stereocenters. The van der Waals surface area contributed by atoms with Gasteiger partial charge in [-0.25, -0.2) is 4.79 Å². The van der Waals surface area contributed by atoms with Gasteiger partial charge in [0.25, 0.3) is 0 Å². The predicted molar refractivity (Wildman–Crippen MR) is 145 cm³/mol. The fraction of sp³-hybridized carbons (Fsp3) is 0.690. The van der Waals surface area contributed by atoms with Crippen molar-refractivity contribution in [1.82, 2.24) is 9.80 Å². The second-order valence-electron chi connectivity index (χ2n) is 9.96. The van der Waals surface area contributed by atoms with E-state index in [1.54, 1.807) is 0 Å². The Balaban J connectivity index is 1.55. The molecule has 1 aliphatic carbocycles. The smallest absolute Gasteiger partial charge is 0.321 e. The first-order valence-electron chi connectivity index (χ1n) is 13.6. The maximum atomic E-state index is 12.7. The number of ether oxygens (including phenoxy) is 1. The second-order valence-corrected chi connectivity index (χ2v) is 9.96. The summed E-state index contributed by atoms with van der Waals surface area (Å²) in [4.78, 5) is 16.9. The molecule has 0 heterocycles. The van der Waals surface area contributed by atoms with Crippen LogP contribution in [0.25, 0.3) is 0 Å². The third-order valence-corrected chi connectivity index (χ3v) is 7.01. The zero-order valence-electron chi connectivity index (χ0n) is 22.1. The van der Waals surface area contributed by atoms with E-state index >= 15 is 0 Å². The van der Waals surface area contributed by atoms with Gasteiger partial charge in [0.15, 0.2) is 0 Å². The van der Waals surface area contributed by atoms with Crippen molar-refractivity contribution in [3.8, 4) is 0 Å². The first-order chi connectivity index (χ1) is 16.5. The molecule has 1 N–H and O–H groups in total. The van der Waals surface area contributed by atoms with Crippen LogP contribution < -0.4 is 5.32 Å². The van der Waals surface area contributed by atoms with Crippen LogP contribution in [0.5, 0.6) is 0 Å². The number of unbranched alkanes of at least 4 members (excludes halogenated alkanes) is 5. The highest BCUT2D eigenvalue weighted by Crippen LogP contribution is 2.25. The summed E-state index contributed by atoms with van der Waals surface area (Å²) >= 11 is 0. The van der Waals surface area contributed by atoms with Crippen molar-refractivity contribution in [1.29, 1.82) is 0 Å². The summed E-state index contributed by atoms with van der Waals surface area (Å²) in [6, 6.07) is 8.56. The van der Waals surface area contributed by atoms with Crippen LogP contribution in [0, 0.1) is 0 Å². The molecule has 34 heavy (non-hydrogen) atoms. The van der Waals surface area contributed by atoms with Gasteiger partial charge in [0, 0.05) is 31.9 Å². The number of urea groups is 1. The number of rotatable bonds is 16. The summed E-state index contributed by atoms with van der Waals surface area (Å²) < 4.78 is 6.14. The topological polar surface area (TPSA) is 44.8 Å². The lowest BCUT2D eigenvalue weighted by Crippen LogP contribution is -2.42. The van der Waals surface area contributed by atoms with Crippen molar-refractivity contribution in [2.45, 2.75) is 96.1 Å². The molecule has 5 nitrogen and oxygen atoms in total. The third-order valence-electron chi connectivity index (χ3n) is 7.01. The fourth-order valence-electron chi connectivity index (χ4n) is 4.69. The van der Waals surface area contributed by atoms with E-state index < -0.39 is 0 Å². The van der Waals surface area contributed by atoms with Gasteiger partial charge >= 0.3 is 6.03 Å². The fourth-order valence-corrected chi connectivity index (χ4v) is 4.69. The van der Waals surface area contributed by atoms with Crippen molar-refractivity contribution >= 4 is 11.7 Å². The number of aryl methyl sites for hydroxylation is 1. The molecule has 192 valence electrons. The first kappa shape index (κ1) is 28.4. The molecule has 0 aromatic heterocycles. The van der Waals surface area contributed by atoms with Crippen LogP contribution in [-0.4, -0.2) is 61.8 Å². The summed E-state index contributed by atoms with van der Waals surface area (Å²) in [7, 11) is 4.08. The Morgan fingerprint density at radius 3 is 2.38 bits per heavy atom. The molecule has 2 rings (SSSR count). The Hall–Kier alpha value is -1.85. The van der Waals surface area contributed by atoms with Crippen LogP contribution in [0.2, 0.25) is 0 Å². The van der Waals surface area contributed by atoms with E-state index in [0.29, 0.717) is 12.1 Å². The van der Waals surface area contributed by atoms with Crippen LogP contribution in [0.3, 0.4) is 0 Å². The lowest BCUT2D eigenvalue weighted by molar-refractivity contribution is 0.0130. The summed E-state index contributed by atoms with van der Waals surface area (Å²) in [5.41, 5.74) is 2.21. The molecule has 1 fully saturated rings. The van der Waals surface area contributed by atoms with Gasteiger partial charge < -0.3 is 19.9 Å². The molecular formula is C29H49N3O2. The van der Waals surface area contributed by atoms with E-state index in [1.807, 2.05) is 30.2 Å². The largest absolute Gasteiger partial charge is 0.378 e. The van der Waals surface area contributed by atoms with Crippen LogP contribution in [0.15, 0.2) is 36.9 Å². The van der Waals surface area contributed by atoms with Gasteiger partial charge in [-0.15, -0.1) is 6.58 Å². The summed E-state index contributed by atoms with van der Waals surface area (Å²) in [6.45, 7) is 9.00. The number of carbonyl (C=O) groups is 1. The van der Waals surface area contributed by atoms with Gasteiger partial charge in [0.2, 0.25) is 0 Å². The van der Waals surface area contributed by atoms with E-state index in [-0.39, 0.29) is 6.03 Å². The van der Waals surface area contributed by atoms with E-state index in [9.17, 15) is 4.79 Å². The summed E-state index contributed by atoms with van der Waals surface area (Å²) in [6.07, 6.45) is 16.2. The van der Waals surface area contributed by atoms with Gasteiger partial charge in [0.1, 0.15) is 0 Å². The van der Waals surface area contributed by atoms with Crippen molar-refractivity contribution in [3.05, 3.63) is 42.5 Å². The maximum absolute atomic E-state index is 12.7. The number of benzene rings is 1. The SMILES string of the molecule is C=CCN(C)CCCCCCCOC1CCC(N(C)C(=O)Nc2ccc(CCCC)cc2)CC1. The highest BCUT2D eigenvalue weighted by atomic mass is 16.5. The highest BCUT2D eigenvalue weighted by Gasteiger charge is 2.27. The van der Waals surface area contributed by atoms with Crippen molar-refractivity contribution < 1.29 is 9.53 Å². The van der Waals surface area contributed by atoms with Crippen LogP contribution in [-0.2, 0) is 11.2 Å². The van der Waals surface area contributed by atoms with Gasteiger partial charge in [-0.05, 0) is 82.7 Å². The number of nitrogens with zero attached hydrogens (tertiary/aromatic N) is 2. The highest BCUT2D eigenvalue weighted by molar-refractivity contribution is 5.89. The van der Waals surface area contributed by atoms with Crippen LogP contribution in [0.1, 0.15) is 83.1 Å². The average Bonchev–Trinajstić information content (AvgIpc) is 2.85. The minimum Gasteiger partial charge on any atom is -0.378 e. The van der Waals surface area contributed by atoms with Crippen molar-refractivity contribution in [3.63, 3.8) is 0 Å². The Kier molecular flexibility index (Phi) is 14.0. The van der Waals surface area contributed by atoms with Crippen LogP contribution in [0.4, 0.5) is 10.5 Å². The molecule has 0 unspecified atom stereocenters. The molecule has 0 radical (unpaired) electrons. The maximum Gasteiger partial charge on any atom is 0.321 e. The Bertz CT molecular complexity index is 683. The lowest BCUT2D eigenvalue weighted by Gasteiger charge is -2.34. The summed E-state index contributed by atoms with van der Waals surface area (Å²) in [5.74, 6) is 0. The van der Waals surface area contributed by atoms with Gasteiger partial charge in [-0.1, -0.05) is 50.8 Å². The number of carbonyl (C=O) groups excluding carboxylic acids is 1. The van der Waals surface area contributed by atoms with Gasteiger partial charge in [0.05, 0.1) is 6.10 Å². The molecule has 1 saturated carbocycles. The number of hydrogen-bond acceptors (Lipinski definition) is 3. The Labute approximate surface area is 208 Å². The Morgan fingerprint density at radius 2 is 1.71 bits per heavy atom. The third kappa shape index (κ3) is 11.1. The van der Waals surface area contributed by atoms with Crippen molar-refractivity contribution in [2.24, 2.45) is 0 Å². The van der Waals surface area contributed by atoms with Gasteiger partial charge in [-0.3, -0.25) is 0 Å². The molecule has 0 saturated heterocycles. The molecular weight excluding hydrogens is 422 g/mol. The molecule has 2 amide bonds. The molecule has 1 aromatic carbocycles. The number of hydrogen-bond donors (Lipinski definition) is 1. The Morgan fingerprint density at radius 1 is 1.03 bits per heavy atom. The van der Waals surface area contributed by atoms with E-state index in [1.165, 1.54) is 44.1 Å². The van der Waals surface area contributed by atoms with Crippen LogP contribution >= 0.6 is 0 Å². The quantitative estimate of drug-likeness (QED) is 0.211. The van der Waals surface area contributed by atoms with E-state index in [2.05, 4.69) is 42.9 Å². The van der Waals surface area contributed by atoms with E-state index in [0.717, 1.165) is 63.9 Å². The van der Waals surface area contributed by atoms with Gasteiger partial charge in [-0.2, -0.15) is 0 Å². The molecule has 0 bridgehead atoms. The standard InChI is InChI=1S/C29H49N3O2/c1-5-7-13-25-14-16-26(17-15-25)30-29(33)32(4)27-18-20-28(21-19-27)34-24-12-10-8-9-11-23-31(3)22-6-2/h6,14-17,27-28H,2,5,7-13,18-24H2,1,3-4H3,(H,30,33). The zero-order chi connectivity index (χ0) is 24.6. The minimum atomic E-state index is -0.0126. The predicted octanol–water partition coefficient (Wildman–Crippen LogP) is 6.89. The zero-order valence-corrected chi connectivity index (χ0v) is 22.1. The van der Waals surface area contributed by atoms with E-state index in [4.69, 9.17) is 4.74 Å². The average molecular weight is 472 g/mol. The van der Waals surface area contributed by atoms with Crippen molar-refractivity contribution in [2.75, 3.05) is 39.1 Å². The molecule has 1 aliphatic rings.